The van der Waals surface area contributed by atoms with Crippen LogP contribution in [0.1, 0.15) is 5.56 Å². The Kier molecular flexibility index (Phi) is 4.13. The third-order valence-corrected chi connectivity index (χ3v) is 4.75. The monoisotopic (exact) mass is 330 g/mol. The van der Waals surface area contributed by atoms with Crippen molar-refractivity contribution in [3.05, 3.63) is 52.0 Å². The zero-order valence-corrected chi connectivity index (χ0v) is 12.9. The molecular weight excluding hydrogens is 319 g/mol. The molecule has 2 aromatic rings. The maximum atomic E-state index is 12.2. The van der Waals surface area contributed by atoms with Crippen LogP contribution in [0.3, 0.4) is 0 Å². The predicted octanol–water partition coefficient (Wildman–Crippen LogP) is 3.68. The molecule has 2 rings (SSSR count). The van der Waals surface area contributed by atoms with Gasteiger partial charge in [0.1, 0.15) is 0 Å². The quantitative estimate of drug-likeness (QED) is 0.843. The van der Waals surface area contributed by atoms with Crippen LogP contribution < -0.4 is 10.5 Å². The number of anilines is 2. The number of hydrogen-bond acceptors (Lipinski definition) is 3. The molecule has 7 heteroatoms. The molecule has 0 aliphatic carbocycles. The number of aryl methyl sites for hydroxylation is 1. The molecule has 0 aromatic heterocycles. The molecule has 0 fully saturated rings. The Morgan fingerprint density at radius 3 is 2.35 bits per heavy atom. The average Bonchev–Trinajstić information content (AvgIpc) is 2.36. The first-order valence-corrected chi connectivity index (χ1v) is 7.87. The van der Waals surface area contributed by atoms with Crippen molar-refractivity contribution < 1.29 is 8.42 Å². The molecule has 0 saturated carbocycles. The first-order chi connectivity index (χ1) is 9.29. The molecule has 3 N–H and O–H groups in total. The van der Waals surface area contributed by atoms with Crippen LogP contribution in [0, 0.1) is 6.92 Å². The van der Waals surface area contributed by atoms with E-state index < -0.39 is 10.0 Å². The van der Waals surface area contributed by atoms with Crippen molar-refractivity contribution in [2.75, 3.05) is 10.5 Å². The summed E-state index contributed by atoms with van der Waals surface area (Å²) in [4.78, 5) is 0.0203. The van der Waals surface area contributed by atoms with E-state index in [2.05, 4.69) is 4.72 Å². The van der Waals surface area contributed by atoms with Gasteiger partial charge in [0.25, 0.3) is 10.0 Å². The van der Waals surface area contributed by atoms with Crippen LogP contribution >= 0.6 is 23.2 Å². The van der Waals surface area contributed by atoms with E-state index in [1.54, 1.807) is 18.2 Å². The molecule has 2 aromatic carbocycles. The lowest BCUT2D eigenvalue weighted by Gasteiger charge is -2.11. The minimum Gasteiger partial charge on any atom is -0.397 e. The van der Waals surface area contributed by atoms with Crippen LogP contribution in [0.2, 0.25) is 10.0 Å². The van der Waals surface area contributed by atoms with Crippen molar-refractivity contribution in [3.63, 3.8) is 0 Å². The van der Waals surface area contributed by atoms with Crippen LogP contribution in [0.5, 0.6) is 0 Å². The fourth-order valence-electron chi connectivity index (χ4n) is 1.62. The van der Waals surface area contributed by atoms with Crippen molar-refractivity contribution in [2.24, 2.45) is 0 Å². The van der Waals surface area contributed by atoms with Crippen molar-refractivity contribution in [2.45, 2.75) is 11.8 Å². The zero-order valence-electron chi connectivity index (χ0n) is 10.5. The average molecular weight is 331 g/mol. The van der Waals surface area contributed by atoms with Crippen LogP contribution in [-0.2, 0) is 10.0 Å². The minimum absolute atomic E-state index is 0.0203. The molecular formula is C13H12Cl2N2O2S. The summed E-state index contributed by atoms with van der Waals surface area (Å²) in [5.74, 6) is 0. The summed E-state index contributed by atoms with van der Waals surface area (Å²) in [7, 11) is -3.76. The number of nitrogens with two attached hydrogens (primary N) is 1. The maximum Gasteiger partial charge on any atom is 0.262 e. The number of halogens is 2. The van der Waals surface area contributed by atoms with Gasteiger partial charge in [0.05, 0.1) is 26.3 Å². The molecule has 0 radical (unpaired) electrons. The molecule has 0 saturated heterocycles. The molecule has 0 heterocycles. The summed E-state index contributed by atoms with van der Waals surface area (Å²) in [5, 5.41) is 0.465. The van der Waals surface area contributed by atoms with Gasteiger partial charge >= 0.3 is 0 Å². The normalized spacial score (nSPS) is 11.3. The van der Waals surface area contributed by atoms with Gasteiger partial charge in [-0.2, -0.15) is 0 Å². The highest BCUT2D eigenvalue weighted by atomic mass is 35.5. The molecule has 20 heavy (non-hydrogen) atoms. The molecule has 0 amide bonds. The molecule has 4 nitrogen and oxygen atoms in total. The van der Waals surface area contributed by atoms with E-state index in [9.17, 15) is 8.42 Å². The third kappa shape index (κ3) is 3.17. The standard InChI is InChI=1S/C13H12Cl2N2O2S/c1-8-2-5-13(12(16)6-8)17-20(18,19)9-3-4-10(14)11(15)7-9/h2-7,17H,16H2,1H3. The summed E-state index contributed by atoms with van der Waals surface area (Å²) in [6, 6.07) is 9.16. The van der Waals surface area contributed by atoms with Gasteiger partial charge in [0, 0.05) is 0 Å². The fourth-order valence-corrected chi connectivity index (χ4v) is 3.10. The van der Waals surface area contributed by atoms with Gasteiger partial charge in [-0.05, 0) is 42.8 Å². The SMILES string of the molecule is Cc1ccc(NS(=O)(=O)c2ccc(Cl)c(Cl)c2)c(N)c1. The molecule has 0 atom stereocenters. The van der Waals surface area contributed by atoms with Gasteiger partial charge in [0.15, 0.2) is 0 Å². The predicted molar refractivity (Wildman–Crippen MR) is 82.9 cm³/mol. The molecule has 0 bridgehead atoms. The van der Waals surface area contributed by atoms with Crippen molar-refractivity contribution in [1.82, 2.24) is 0 Å². The van der Waals surface area contributed by atoms with E-state index in [0.29, 0.717) is 16.4 Å². The van der Waals surface area contributed by atoms with Crippen molar-refractivity contribution in [1.29, 1.82) is 0 Å². The number of nitrogen functional groups attached to an aromatic ring is 1. The Hall–Kier alpha value is -1.43. The van der Waals surface area contributed by atoms with Crippen LogP contribution in [0.25, 0.3) is 0 Å². The van der Waals surface area contributed by atoms with E-state index in [-0.39, 0.29) is 9.92 Å². The Balaban J connectivity index is 2.38. The first kappa shape index (κ1) is 15.0. The summed E-state index contributed by atoms with van der Waals surface area (Å²) < 4.78 is 26.9. The highest BCUT2D eigenvalue weighted by Crippen LogP contribution is 2.27. The smallest absolute Gasteiger partial charge is 0.262 e. The molecule has 0 unspecified atom stereocenters. The summed E-state index contributed by atoms with van der Waals surface area (Å²) in [5.41, 5.74) is 7.41. The van der Waals surface area contributed by atoms with Gasteiger partial charge < -0.3 is 5.73 Å². The van der Waals surface area contributed by atoms with Crippen molar-refractivity contribution in [3.8, 4) is 0 Å². The Bertz CT molecular complexity index is 761. The second kappa shape index (κ2) is 5.52. The molecule has 106 valence electrons. The van der Waals surface area contributed by atoms with Crippen LogP contribution in [0.4, 0.5) is 11.4 Å². The van der Waals surface area contributed by atoms with E-state index in [0.717, 1.165) is 5.56 Å². The lowest BCUT2D eigenvalue weighted by Crippen LogP contribution is -2.14. The van der Waals surface area contributed by atoms with E-state index >= 15 is 0 Å². The Morgan fingerprint density at radius 2 is 1.75 bits per heavy atom. The van der Waals surface area contributed by atoms with Gasteiger partial charge in [0.2, 0.25) is 0 Å². The lowest BCUT2D eigenvalue weighted by atomic mass is 10.2. The van der Waals surface area contributed by atoms with E-state index in [4.69, 9.17) is 28.9 Å². The second-order valence-electron chi connectivity index (χ2n) is 4.27. The molecule has 0 aliphatic heterocycles. The maximum absolute atomic E-state index is 12.2. The number of nitrogens with one attached hydrogen (secondary N) is 1. The molecule has 0 aliphatic rings. The van der Waals surface area contributed by atoms with Crippen LogP contribution in [-0.4, -0.2) is 8.42 Å². The zero-order chi connectivity index (χ0) is 14.9. The van der Waals surface area contributed by atoms with Gasteiger partial charge in [-0.25, -0.2) is 8.42 Å². The lowest BCUT2D eigenvalue weighted by molar-refractivity contribution is 0.601. The highest BCUT2D eigenvalue weighted by molar-refractivity contribution is 7.92. The largest absolute Gasteiger partial charge is 0.397 e. The number of sulfonamides is 1. The van der Waals surface area contributed by atoms with Crippen LogP contribution in [0.15, 0.2) is 41.3 Å². The van der Waals surface area contributed by atoms with Crippen molar-refractivity contribution >= 4 is 44.6 Å². The minimum atomic E-state index is -3.76. The Labute approximate surface area is 127 Å². The van der Waals surface area contributed by atoms with Gasteiger partial charge in [-0.15, -0.1) is 0 Å². The number of rotatable bonds is 3. The first-order valence-electron chi connectivity index (χ1n) is 5.63. The fraction of sp³-hybridized carbons (Fsp3) is 0.0769. The number of hydrogen-bond donors (Lipinski definition) is 2. The topological polar surface area (TPSA) is 72.2 Å². The van der Waals surface area contributed by atoms with Gasteiger partial charge in [-0.3, -0.25) is 4.72 Å². The second-order valence-corrected chi connectivity index (χ2v) is 6.77. The van der Waals surface area contributed by atoms with Gasteiger partial charge in [-0.1, -0.05) is 29.3 Å². The number of benzene rings is 2. The molecule has 0 spiro atoms. The summed E-state index contributed by atoms with van der Waals surface area (Å²) >= 11 is 11.6. The van der Waals surface area contributed by atoms with E-state index in [1.807, 2.05) is 6.92 Å². The third-order valence-electron chi connectivity index (χ3n) is 2.65. The Morgan fingerprint density at radius 1 is 1.05 bits per heavy atom. The summed E-state index contributed by atoms with van der Waals surface area (Å²) in [6.45, 7) is 1.87. The highest BCUT2D eigenvalue weighted by Gasteiger charge is 2.16. The van der Waals surface area contributed by atoms with E-state index in [1.165, 1.54) is 18.2 Å². The summed E-state index contributed by atoms with van der Waals surface area (Å²) in [6.07, 6.45) is 0.